The number of carbonyl (C=O) groups excluding carboxylic acids is 1. The van der Waals surface area contributed by atoms with Crippen LogP contribution in [-0.4, -0.2) is 28.6 Å². The zero-order chi connectivity index (χ0) is 19.7. The number of fused-ring (bicyclic) bond motifs is 1. The molecule has 1 aromatic carbocycles. The molecule has 0 N–H and O–H groups in total. The van der Waals surface area contributed by atoms with Gasteiger partial charge in [-0.3, -0.25) is 9.78 Å². The zero-order valence-electron chi connectivity index (χ0n) is 14.6. The summed E-state index contributed by atoms with van der Waals surface area (Å²) in [6, 6.07) is 7.46. The number of thiophene rings is 1. The van der Waals surface area contributed by atoms with Crippen LogP contribution in [0.2, 0.25) is 10.0 Å². The van der Waals surface area contributed by atoms with E-state index in [1.807, 2.05) is 23.6 Å². The van der Waals surface area contributed by atoms with E-state index in [9.17, 15) is 4.79 Å². The first-order valence-corrected chi connectivity index (χ1v) is 9.90. The molecule has 8 heteroatoms. The first kappa shape index (κ1) is 18.8. The number of carbonyl (C=O) groups is 1. The molecule has 0 radical (unpaired) electrons. The lowest BCUT2D eigenvalue weighted by Crippen LogP contribution is -2.01. The highest BCUT2D eigenvalue weighted by molar-refractivity contribution is 7.14. The van der Waals surface area contributed by atoms with Crippen molar-refractivity contribution in [2.75, 3.05) is 7.11 Å². The first-order valence-electron chi connectivity index (χ1n) is 8.26. The predicted octanol–water partition coefficient (Wildman–Crippen LogP) is 5.47. The van der Waals surface area contributed by atoms with Crippen molar-refractivity contribution < 1.29 is 9.53 Å². The molecular formula is C20H13Cl2N3O2S. The molecule has 3 heterocycles. The molecule has 0 amide bonds. The second-order valence-electron chi connectivity index (χ2n) is 5.99. The monoisotopic (exact) mass is 429 g/mol. The highest BCUT2D eigenvalue weighted by Crippen LogP contribution is 2.36. The van der Waals surface area contributed by atoms with E-state index in [-0.39, 0.29) is 0 Å². The maximum Gasteiger partial charge on any atom is 0.151 e. The molecule has 0 saturated heterocycles. The molecule has 0 atom stereocenters. The molecule has 0 bridgehead atoms. The van der Waals surface area contributed by atoms with E-state index in [1.165, 1.54) is 11.3 Å². The summed E-state index contributed by atoms with van der Waals surface area (Å²) in [6.45, 7) is 0. The van der Waals surface area contributed by atoms with E-state index < -0.39 is 0 Å². The molecule has 0 aliphatic rings. The molecule has 4 aromatic rings. The maximum absolute atomic E-state index is 11.4. The Hall–Kier alpha value is -2.54. The van der Waals surface area contributed by atoms with Crippen LogP contribution in [0.3, 0.4) is 0 Å². The molecule has 0 fully saturated rings. The van der Waals surface area contributed by atoms with Gasteiger partial charge in [0.15, 0.2) is 6.29 Å². The lowest BCUT2D eigenvalue weighted by Gasteiger charge is -2.12. The highest BCUT2D eigenvalue weighted by atomic mass is 35.5. The number of halogens is 2. The Labute approximate surface area is 174 Å². The second-order valence-corrected chi connectivity index (χ2v) is 7.72. The Kier molecular flexibility index (Phi) is 5.26. The molecule has 140 valence electrons. The molecule has 3 aromatic heterocycles. The molecule has 5 nitrogen and oxygen atoms in total. The number of ether oxygens (including phenoxy) is 1. The van der Waals surface area contributed by atoms with E-state index in [0.717, 1.165) is 33.2 Å². The van der Waals surface area contributed by atoms with Crippen molar-refractivity contribution in [2.24, 2.45) is 0 Å². The third-order valence-corrected chi connectivity index (χ3v) is 5.99. The summed E-state index contributed by atoms with van der Waals surface area (Å²) in [5, 5.41) is 13.4. The van der Waals surface area contributed by atoms with Gasteiger partial charge < -0.3 is 4.74 Å². The van der Waals surface area contributed by atoms with Crippen LogP contribution >= 0.6 is 34.5 Å². The number of aldehydes is 1. The third-order valence-electron chi connectivity index (χ3n) is 4.40. The van der Waals surface area contributed by atoms with Gasteiger partial charge in [0.1, 0.15) is 11.4 Å². The van der Waals surface area contributed by atoms with Crippen molar-refractivity contribution >= 4 is 51.6 Å². The van der Waals surface area contributed by atoms with Gasteiger partial charge in [-0.15, -0.1) is 16.4 Å². The maximum atomic E-state index is 11.4. The number of benzene rings is 1. The Balaban J connectivity index is 1.93. The minimum Gasteiger partial charge on any atom is -0.497 e. The fourth-order valence-corrected chi connectivity index (χ4v) is 4.36. The largest absolute Gasteiger partial charge is 0.497 e. The van der Waals surface area contributed by atoms with Crippen molar-refractivity contribution in [3.63, 3.8) is 0 Å². The molecule has 0 aliphatic heterocycles. The molecule has 0 aliphatic carbocycles. The van der Waals surface area contributed by atoms with Crippen LogP contribution < -0.4 is 4.74 Å². The fraction of sp³-hybridized carbons (Fsp3) is 0.100. The summed E-state index contributed by atoms with van der Waals surface area (Å²) in [6.07, 6.45) is 4.33. The normalized spacial score (nSPS) is 11.0. The summed E-state index contributed by atoms with van der Waals surface area (Å²) in [7, 11) is 1.61. The highest BCUT2D eigenvalue weighted by Gasteiger charge is 2.18. The third kappa shape index (κ3) is 3.35. The predicted molar refractivity (Wildman–Crippen MR) is 112 cm³/mol. The first-order chi connectivity index (χ1) is 13.6. The number of hydrogen-bond donors (Lipinski definition) is 0. The summed E-state index contributed by atoms with van der Waals surface area (Å²) < 4.78 is 5.38. The van der Waals surface area contributed by atoms with Gasteiger partial charge >= 0.3 is 0 Å². The van der Waals surface area contributed by atoms with Crippen LogP contribution in [0.1, 0.15) is 21.6 Å². The Morgan fingerprint density at radius 1 is 1.11 bits per heavy atom. The fourth-order valence-electron chi connectivity index (χ4n) is 2.99. The summed E-state index contributed by atoms with van der Waals surface area (Å²) in [4.78, 5) is 16.2. The quantitative estimate of drug-likeness (QED) is 0.393. The van der Waals surface area contributed by atoms with Crippen LogP contribution in [0, 0.1) is 0 Å². The topological polar surface area (TPSA) is 65.0 Å². The van der Waals surface area contributed by atoms with Gasteiger partial charge in [-0.1, -0.05) is 23.2 Å². The van der Waals surface area contributed by atoms with Crippen LogP contribution in [-0.2, 0) is 6.42 Å². The van der Waals surface area contributed by atoms with Gasteiger partial charge in [-0.25, -0.2) is 0 Å². The number of aromatic nitrogens is 3. The van der Waals surface area contributed by atoms with Crippen LogP contribution in [0.5, 0.6) is 5.75 Å². The lowest BCUT2D eigenvalue weighted by molar-refractivity contribution is 0.112. The van der Waals surface area contributed by atoms with E-state index in [2.05, 4.69) is 15.2 Å². The molecule has 0 saturated carbocycles. The minimum absolute atomic E-state index is 0.404. The second kappa shape index (κ2) is 7.83. The summed E-state index contributed by atoms with van der Waals surface area (Å²) in [5.74, 6) is 0.692. The van der Waals surface area contributed by atoms with E-state index in [0.29, 0.717) is 33.5 Å². The standard InChI is InChI=1S/C20H13Cl2N3O2S/c1-27-12-2-3-13-14(6-12)19(20-11(10-26)4-5-28-20)25-24-18(13)7-15-16(21)8-23-9-17(15)22/h2-6,8-10H,7H2,1H3. The molecule has 28 heavy (non-hydrogen) atoms. The van der Waals surface area contributed by atoms with Crippen molar-refractivity contribution in [3.05, 3.63) is 68.9 Å². The van der Waals surface area contributed by atoms with E-state index in [1.54, 1.807) is 25.6 Å². The number of nitrogens with zero attached hydrogens (tertiary/aromatic N) is 3. The SMILES string of the molecule is COc1ccc2c(Cc3c(Cl)cncc3Cl)nnc(-c3sccc3C=O)c2c1. The number of rotatable bonds is 5. The minimum atomic E-state index is 0.404. The average Bonchev–Trinajstić information content (AvgIpc) is 3.19. The zero-order valence-corrected chi connectivity index (χ0v) is 17.0. The van der Waals surface area contributed by atoms with Crippen molar-refractivity contribution in [2.45, 2.75) is 6.42 Å². The van der Waals surface area contributed by atoms with Crippen molar-refractivity contribution in [1.82, 2.24) is 15.2 Å². The van der Waals surface area contributed by atoms with Crippen molar-refractivity contribution in [3.8, 4) is 16.3 Å². The van der Waals surface area contributed by atoms with Gasteiger partial charge in [-0.2, -0.15) is 5.10 Å². The van der Waals surface area contributed by atoms with Crippen LogP contribution in [0.4, 0.5) is 0 Å². The van der Waals surface area contributed by atoms with E-state index >= 15 is 0 Å². The van der Waals surface area contributed by atoms with Crippen LogP contribution in [0.25, 0.3) is 21.3 Å². The number of methoxy groups -OCH3 is 1. The Morgan fingerprint density at radius 2 is 1.89 bits per heavy atom. The van der Waals surface area contributed by atoms with Gasteiger partial charge in [0, 0.05) is 35.2 Å². The summed E-state index contributed by atoms with van der Waals surface area (Å²) in [5.41, 5.74) is 2.68. The number of hydrogen-bond acceptors (Lipinski definition) is 6. The molecular weight excluding hydrogens is 417 g/mol. The van der Waals surface area contributed by atoms with Crippen molar-refractivity contribution in [1.29, 1.82) is 0 Å². The molecule has 0 spiro atoms. The van der Waals surface area contributed by atoms with Gasteiger partial charge in [0.05, 0.1) is 27.7 Å². The van der Waals surface area contributed by atoms with Gasteiger partial charge in [0.2, 0.25) is 0 Å². The van der Waals surface area contributed by atoms with Gasteiger partial charge in [0.25, 0.3) is 0 Å². The van der Waals surface area contributed by atoms with Crippen LogP contribution in [0.15, 0.2) is 42.0 Å². The average molecular weight is 430 g/mol. The Morgan fingerprint density at radius 3 is 2.61 bits per heavy atom. The molecule has 0 unspecified atom stereocenters. The Bertz CT molecular complexity index is 1170. The lowest BCUT2D eigenvalue weighted by atomic mass is 10.0. The smallest absolute Gasteiger partial charge is 0.151 e. The molecule has 4 rings (SSSR count). The van der Waals surface area contributed by atoms with Gasteiger partial charge in [-0.05, 0) is 35.2 Å². The summed E-state index contributed by atoms with van der Waals surface area (Å²) >= 11 is 14.0. The van der Waals surface area contributed by atoms with E-state index in [4.69, 9.17) is 27.9 Å². The number of pyridine rings is 1.